The first-order chi connectivity index (χ1) is 13.7. The van der Waals surface area contributed by atoms with Gasteiger partial charge in [0.15, 0.2) is 0 Å². The van der Waals surface area contributed by atoms with Crippen LogP contribution in [0.1, 0.15) is 56.4 Å². The monoisotopic (exact) mass is 382 g/mol. The highest BCUT2D eigenvalue weighted by molar-refractivity contribution is 5.81. The SMILES string of the molecule is O=C(O[C@@H]1C[C@H]2C[C@@H]1[C@H]1CCCCN1C2=O)N1CCC(c2ccccc2)CC1. The molecule has 0 aromatic heterocycles. The first kappa shape index (κ1) is 18.0. The van der Waals surface area contributed by atoms with Gasteiger partial charge in [0.2, 0.25) is 5.91 Å². The van der Waals surface area contributed by atoms with E-state index in [4.69, 9.17) is 4.74 Å². The summed E-state index contributed by atoms with van der Waals surface area (Å²) < 4.78 is 6.01. The molecule has 3 aliphatic heterocycles. The van der Waals surface area contributed by atoms with E-state index < -0.39 is 0 Å². The fraction of sp³-hybridized carbons (Fsp3) is 0.652. The normalized spacial score (nSPS) is 32.9. The van der Waals surface area contributed by atoms with E-state index in [1.54, 1.807) is 0 Å². The summed E-state index contributed by atoms with van der Waals surface area (Å²) in [6.07, 6.45) is 6.73. The number of carbonyl (C=O) groups excluding carboxylic acids is 2. The second kappa shape index (κ2) is 7.41. The summed E-state index contributed by atoms with van der Waals surface area (Å²) in [4.78, 5) is 29.5. The average Bonchev–Trinajstić information content (AvgIpc) is 3.13. The molecule has 0 spiro atoms. The number of amides is 2. The van der Waals surface area contributed by atoms with Crippen LogP contribution in [0.5, 0.6) is 0 Å². The number of ether oxygens (including phenoxy) is 1. The molecule has 0 unspecified atom stereocenters. The minimum Gasteiger partial charge on any atom is -0.446 e. The number of rotatable bonds is 2. The number of piperidine rings is 3. The Kier molecular flexibility index (Phi) is 4.77. The van der Waals surface area contributed by atoms with Crippen LogP contribution < -0.4 is 0 Å². The number of hydrogen-bond donors (Lipinski definition) is 0. The van der Waals surface area contributed by atoms with Crippen LogP contribution in [-0.2, 0) is 9.53 Å². The summed E-state index contributed by atoms with van der Waals surface area (Å²) >= 11 is 0. The van der Waals surface area contributed by atoms with Gasteiger partial charge in [-0.2, -0.15) is 0 Å². The van der Waals surface area contributed by atoms with Crippen molar-refractivity contribution in [2.75, 3.05) is 19.6 Å². The van der Waals surface area contributed by atoms with Gasteiger partial charge in [-0.15, -0.1) is 0 Å². The first-order valence-corrected chi connectivity index (χ1v) is 11.0. The fourth-order valence-electron chi connectivity index (χ4n) is 6.01. The number of likely N-dealkylation sites (tertiary alicyclic amines) is 1. The lowest BCUT2D eigenvalue weighted by atomic mass is 9.84. The van der Waals surface area contributed by atoms with Crippen LogP contribution in [-0.4, -0.2) is 53.6 Å². The molecule has 4 aliphatic rings. The van der Waals surface area contributed by atoms with Gasteiger partial charge in [-0.25, -0.2) is 4.79 Å². The summed E-state index contributed by atoms with van der Waals surface area (Å²) in [5, 5.41) is 0. The van der Waals surface area contributed by atoms with E-state index in [9.17, 15) is 9.59 Å². The first-order valence-electron chi connectivity index (χ1n) is 11.0. The van der Waals surface area contributed by atoms with E-state index >= 15 is 0 Å². The van der Waals surface area contributed by atoms with Gasteiger partial charge >= 0.3 is 6.09 Å². The molecule has 0 radical (unpaired) electrons. The maximum Gasteiger partial charge on any atom is 0.410 e. The molecule has 1 aliphatic carbocycles. The Bertz CT molecular complexity index is 729. The van der Waals surface area contributed by atoms with Crippen LogP contribution in [0.3, 0.4) is 0 Å². The van der Waals surface area contributed by atoms with E-state index in [0.717, 1.165) is 58.2 Å². The molecule has 5 rings (SSSR count). The van der Waals surface area contributed by atoms with Crippen LogP contribution in [0.25, 0.3) is 0 Å². The molecule has 4 atom stereocenters. The largest absolute Gasteiger partial charge is 0.446 e. The van der Waals surface area contributed by atoms with Crippen LogP contribution >= 0.6 is 0 Å². The Labute approximate surface area is 167 Å². The fourth-order valence-corrected chi connectivity index (χ4v) is 6.01. The Hall–Kier alpha value is -2.04. The average molecular weight is 383 g/mol. The molecule has 1 aromatic rings. The zero-order valence-corrected chi connectivity index (χ0v) is 16.5. The van der Waals surface area contributed by atoms with Crippen molar-refractivity contribution in [3.05, 3.63) is 35.9 Å². The highest BCUT2D eigenvalue weighted by Gasteiger charge is 2.52. The van der Waals surface area contributed by atoms with Gasteiger partial charge in [0.25, 0.3) is 0 Å². The Morgan fingerprint density at radius 3 is 2.50 bits per heavy atom. The minimum absolute atomic E-state index is 0.0703. The molecular weight excluding hydrogens is 352 g/mol. The van der Waals surface area contributed by atoms with Crippen molar-refractivity contribution in [2.45, 2.75) is 63.0 Å². The van der Waals surface area contributed by atoms with Gasteiger partial charge in [-0.05, 0) is 56.4 Å². The smallest absolute Gasteiger partial charge is 0.410 e. The number of hydrogen-bond acceptors (Lipinski definition) is 3. The highest BCUT2D eigenvalue weighted by atomic mass is 16.6. The maximum atomic E-state index is 12.8. The lowest BCUT2D eigenvalue weighted by Crippen LogP contribution is -2.53. The minimum atomic E-state index is -0.168. The van der Waals surface area contributed by atoms with Crippen molar-refractivity contribution in [3.8, 4) is 0 Å². The van der Waals surface area contributed by atoms with Gasteiger partial charge in [0.1, 0.15) is 6.10 Å². The molecule has 28 heavy (non-hydrogen) atoms. The predicted molar refractivity (Wildman–Crippen MR) is 106 cm³/mol. The van der Waals surface area contributed by atoms with Crippen LogP contribution in [0.2, 0.25) is 0 Å². The quantitative estimate of drug-likeness (QED) is 0.782. The van der Waals surface area contributed by atoms with Crippen molar-refractivity contribution in [3.63, 3.8) is 0 Å². The third-order valence-electron chi connectivity index (χ3n) is 7.50. The summed E-state index contributed by atoms with van der Waals surface area (Å²) in [5.74, 6) is 1.25. The van der Waals surface area contributed by atoms with Crippen LogP contribution in [0, 0.1) is 11.8 Å². The van der Waals surface area contributed by atoms with E-state index in [2.05, 4.69) is 29.2 Å². The lowest BCUT2D eigenvalue weighted by Gasteiger charge is -2.43. The van der Waals surface area contributed by atoms with Crippen molar-refractivity contribution < 1.29 is 14.3 Å². The number of carbonyl (C=O) groups is 2. The van der Waals surface area contributed by atoms with Crippen molar-refractivity contribution in [1.29, 1.82) is 0 Å². The molecule has 3 heterocycles. The van der Waals surface area contributed by atoms with Crippen molar-refractivity contribution in [2.24, 2.45) is 11.8 Å². The number of fused-ring (bicyclic) bond motifs is 4. The van der Waals surface area contributed by atoms with Crippen LogP contribution in [0.4, 0.5) is 4.79 Å². The molecule has 150 valence electrons. The van der Waals surface area contributed by atoms with E-state index in [-0.39, 0.29) is 18.1 Å². The molecule has 1 aromatic carbocycles. The molecule has 5 heteroatoms. The van der Waals surface area contributed by atoms with E-state index in [1.165, 1.54) is 12.0 Å². The molecular formula is C23H30N2O3. The third kappa shape index (κ3) is 3.19. The van der Waals surface area contributed by atoms with E-state index in [0.29, 0.717) is 23.8 Å². The van der Waals surface area contributed by atoms with Crippen LogP contribution in [0.15, 0.2) is 30.3 Å². The Balaban J connectivity index is 1.19. The van der Waals surface area contributed by atoms with Crippen molar-refractivity contribution >= 4 is 12.0 Å². The molecule has 0 N–H and O–H groups in total. The maximum absolute atomic E-state index is 12.8. The lowest BCUT2D eigenvalue weighted by molar-refractivity contribution is -0.143. The molecule has 3 saturated heterocycles. The zero-order chi connectivity index (χ0) is 19.1. The molecule has 5 nitrogen and oxygen atoms in total. The standard InChI is InChI=1S/C23H30N2O3/c26-22-18-14-19(20-8-4-5-11-25(20)22)21(15-18)28-23(27)24-12-9-17(10-13-24)16-6-2-1-3-7-16/h1-3,6-7,17-21H,4-5,8-15H2/t18-,19-,20-,21-/m1/s1. The summed E-state index contributed by atoms with van der Waals surface area (Å²) in [5.41, 5.74) is 1.37. The predicted octanol–water partition coefficient (Wildman–Crippen LogP) is 3.79. The summed E-state index contributed by atoms with van der Waals surface area (Å²) in [6, 6.07) is 10.9. The Morgan fingerprint density at radius 1 is 0.929 bits per heavy atom. The van der Waals surface area contributed by atoms with Gasteiger partial charge in [0.05, 0.1) is 0 Å². The van der Waals surface area contributed by atoms with Gasteiger partial charge in [-0.3, -0.25) is 4.79 Å². The highest BCUT2D eigenvalue weighted by Crippen LogP contribution is 2.46. The molecule has 4 fully saturated rings. The second-order valence-corrected chi connectivity index (χ2v) is 9.02. The Morgan fingerprint density at radius 2 is 1.71 bits per heavy atom. The van der Waals surface area contributed by atoms with Crippen molar-refractivity contribution in [1.82, 2.24) is 9.80 Å². The number of nitrogens with zero attached hydrogens (tertiary/aromatic N) is 2. The zero-order valence-electron chi connectivity index (χ0n) is 16.5. The van der Waals surface area contributed by atoms with Gasteiger partial charge in [-0.1, -0.05) is 30.3 Å². The topological polar surface area (TPSA) is 49.9 Å². The third-order valence-corrected chi connectivity index (χ3v) is 7.50. The molecule has 1 saturated carbocycles. The van der Waals surface area contributed by atoms with Gasteiger partial charge < -0.3 is 14.5 Å². The summed E-state index contributed by atoms with van der Waals surface area (Å²) in [7, 11) is 0. The number of benzene rings is 1. The second-order valence-electron chi connectivity index (χ2n) is 9.02. The molecule has 2 bridgehead atoms. The van der Waals surface area contributed by atoms with Gasteiger partial charge in [0, 0.05) is 37.5 Å². The summed E-state index contributed by atoms with van der Waals surface area (Å²) in [6.45, 7) is 2.41. The van der Waals surface area contributed by atoms with E-state index in [1.807, 2.05) is 11.0 Å². The molecule has 2 amide bonds.